The highest BCUT2D eigenvalue weighted by molar-refractivity contribution is 5.82. The van der Waals surface area contributed by atoms with Crippen LogP contribution >= 0.6 is 0 Å². The zero-order valence-electron chi connectivity index (χ0n) is 14.1. The topological polar surface area (TPSA) is 61.1 Å². The van der Waals surface area contributed by atoms with Crippen molar-refractivity contribution >= 4 is 5.78 Å². The van der Waals surface area contributed by atoms with Crippen LogP contribution in [0.15, 0.2) is 11.1 Å². The Morgan fingerprint density at radius 3 is 2.83 bits per heavy atom. The molecule has 0 heterocycles. The molecule has 0 aromatic rings. The summed E-state index contributed by atoms with van der Waals surface area (Å²) in [5.41, 5.74) is 2.19. The number of carbonyl (C=O) groups excluding carboxylic acids is 1. The van der Waals surface area contributed by atoms with E-state index in [-0.39, 0.29) is 11.8 Å². The van der Waals surface area contributed by atoms with Crippen molar-refractivity contribution in [3.8, 4) is 6.07 Å². The van der Waals surface area contributed by atoms with Gasteiger partial charge in [0.1, 0.15) is 5.78 Å². The third kappa shape index (κ3) is 2.07. The second kappa shape index (κ2) is 5.18. The Balaban J connectivity index is 1.64. The summed E-state index contributed by atoms with van der Waals surface area (Å²) in [6.07, 6.45) is 9.00. The zero-order chi connectivity index (χ0) is 16.2. The molecule has 0 radical (unpaired) electrons. The highest BCUT2D eigenvalue weighted by Gasteiger charge is 2.61. The normalized spacial score (nSPS) is 46.0. The first-order valence-corrected chi connectivity index (χ1v) is 9.30. The second-order valence-corrected chi connectivity index (χ2v) is 8.62. The van der Waals surface area contributed by atoms with Crippen molar-refractivity contribution in [1.82, 2.24) is 0 Å². The first-order chi connectivity index (χ1) is 11.0. The van der Waals surface area contributed by atoms with Gasteiger partial charge in [0.25, 0.3) is 0 Å². The third-order valence-corrected chi connectivity index (χ3v) is 7.90. The van der Waals surface area contributed by atoms with Crippen molar-refractivity contribution in [3.05, 3.63) is 11.1 Å². The maximum absolute atomic E-state index is 11.8. The highest BCUT2D eigenvalue weighted by atomic mass is 16.3. The predicted molar refractivity (Wildman–Crippen MR) is 87.3 cm³/mol. The van der Waals surface area contributed by atoms with E-state index < -0.39 is 5.60 Å². The number of nitrogens with zero attached hydrogens (tertiary/aromatic N) is 1. The average molecular weight is 313 g/mol. The fourth-order valence-corrected chi connectivity index (χ4v) is 6.58. The number of carbonyl (C=O) groups is 1. The van der Waals surface area contributed by atoms with Crippen molar-refractivity contribution < 1.29 is 9.90 Å². The quantitative estimate of drug-likeness (QED) is 0.746. The summed E-state index contributed by atoms with van der Waals surface area (Å²) in [7, 11) is 0. The van der Waals surface area contributed by atoms with Crippen molar-refractivity contribution in [2.45, 2.75) is 76.7 Å². The van der Waals surface area contributed by atoms with Crippen LogP contribution in [-0.2, 0) is 4.79 Å². The van der Waals surface area contributed by atoms with Gasteiger partial charge < -0.3 is 5.11 Å². The molecule has 0 aromatic carbocycles. The molecule has 3 unspecified atom stereocenters. The number of hydrogen-bond acceptors (Lipinski definition) is 3. The van der Waals surface area contributed by atoms with Crippen LogP contribution in [-0.4, -0.2) is 16.5 Å². The van der Waals surface area contributed by atoms with Crippen LogP contribution in [0.25, 0.3) is 0 Å². The number of ketones is 1. The lowest BCUT2D eigenvalue weighted by Crippen LogP contribution is -2.51. The summed E-state index contributed by atoms with van der Waals surface area (Å²) >= 11 is 0. The van der Waals surface area contributed by atoms with E-state index in [1.54, 1.807) is 5.57 Å². The summed E-state index contributed by atoms with van der Waals surface area (Å²) in [6.45, 7) is 2.24. The molecule has 4 aliphatic carbocycles. The molecule has 2 fully saturated rings. The number of aliphatic hydroxyl groups is 1. The lowest BCUT2D eigenvalue weighted by Gasteiger charge is -2.53. The summed E-state index contributed by atoms with van der Waals surface area (Å²) < 4.78 is 0. The molecule has 0 spiro atoms. The van der Waals surface area contributed by atoms with Gasteiger partial charge in [-0.15, -0.1) is 0 Å². The van der Waals surface area contributed by atoms with Gasteiger partial charge in [-0.25, -0.2) is 0 Å². The average Bonchev–Trinajstić information content (AvgIpc) is 2.79. The molecule has 23 heavy (non-hydrogen) atoms. The van der Waals surface area contributed by atoms with Gasteiger partial charge in [-0.1, -0.05) is 18.1 Å². The van der Waals surface area contributed by atoms with E-state index >= 15 is 0 Å². The maximum Gasteiger partial charge on any atom is 0.137 e. The van der Waals surface area contributed by atoms with E-state index in [1.165, 1.54) is 12.0 Å². The highest BCUT2D eigenvalue weighted by Crippen LogP contribution is 2.64. The lowest BCUT2D eigenvalue weighted by atomic mass is 9.52. The minimum Gasteiger partial charge on any atom is -0.388 e. The number of fused-ring (bicyclic) bond motifs is 4. The molecule has 4 aliphatic rings. The Kier molecular flexibility index (Phi) is 3.47. The van der Waals surface area contributed by atoms with E-state index in [4.69, 9.17) is 5.26 Å². The molecule has 0 amide bonds. The molecule has 1 N–H and O–H groups in total. The largest absolute Gasteiger partial charge is 0.388 e. The standard InChI is InChI=1S/C20H27NO2/c1-19-8-6-16-15-5-3-14(22)12-13(15)2-4-17(16)18(19)7-9-20(19,23)10-11-21/h16-18,23H,2-10,12H2,1H3/t16?,17?,18?,19-,20+/m0/s1. The van der Waals surface area contributed by atoms with Crippen LogP contribution in [0.2, 0.25) is 0 Å². The van der Waals surface area contributed by atoms with E-state index in [9.17, 15) is 9.90 Å². The molecule has 0 bridgehead atoms. The van der Waals surface area contributed by atoms with Crippen LogP contribution in [0.4, 0.5) is 0 Å². The number of nitriles is 1. The van der Waals surface area contributed by atoms with Crippen LogP contribution in [0.3, 0.4) is 0 Å². The van der Waals surface area contributed by atoms with Gasteiger partial charge in [-0.2, -0.15) is 5.26 Å². The third-order valence-electron chi connectivity index (χ3n) is 7.90. The Morgan fingerprint density at radius 1 is 1.22 bits per heavy atom. The number of rotatable bonds is 1. The van der Waals surface area contributed by atoms with Gasteiger partial charge in [-0.3, -0.25) is 4.79 Å². The molecule has 0 aliphatic heterocycles. The summed E-state index contributed by atoms with van der Waals surface area (Å²) in [5, 5.41) is 20.3. The fraction of sp³-hybridized carbons (Fsp3) is 0.800. The molecule has 0 saturated heterocycles. The molecule has 4 rings (SSSR count). The second-order valence-electron chi connectivity index (χ2n) is 8.62. The number of allylic oxidation sites excluding steroid dienone is 2. The van der Waals surface area contributed by atoms with Gasteiger partial charge in [0.2, 0.25) is 0 Å². The first kappa shape index (κ1) is 15.4. The number of hydrogen-bond donors (Lipinski definition) is 1. The monoisotopic (exact) mass is 313 g/mol. The molecule has 124 valence electrons. The smallest absolute Gasteiger partial charge is 0.137 e. The van der Waals surface area contributed by atoms with Crippen LogP contribution in [0.1, 0.15) is 71.1 Å². The molecule has 2 saturated carbocycles. The Bertz CT molecular complexity index is 616. The van der Waals surface area contributed by atoms with Crippen molar-refractivity contribution in [1.29, 1.82) is 5.26 Å². The summed E-state index contributed by atoms with van der Waals surface area (Å²) in [5.74, 6) is 2.28. The molecule has 3 heteroatoms. The molecular formula is C20H27NO2. The van der Waals surface area contributed by atoms with Gasteiger partial charge in [-0.05, 0) is 62.7 Å². The van der Waals surface area contributed by atoms with Gasteiger partial charge in [0.05, 0.1) is 18.1 Å². The maximum atomic E-state index is 11.8. The minimum absolute atomic E-state index is 0.0908. The zero-order valence-corrected chi connectivity index (χ0v) is 14.1. The molecule has 0 aromatic heterocycles. The van der Waals surface area contributed by atoms with E-state index in [0.29, 0.717) is 30.0 Å². The van der Waals surface area contributed by atoms with Crippen LogP contribution in [0.5, 0.6) is 0 Å². The van der Waals surface area contributed by atoms with Gasteiger partial charge in [0.15, 0.2) is 0 Å². The van der Waals surface area contributed by atoms with E-state index in [1.807, 2.05) is 0 Å². The fourth-order valence-electron chi connectivity index (χ4n) is 6.58. The lowest BCUT2D eigenvalue weighted by molar-refractivity contribution is -0.119. The Labute approximate surface area is 138 Å². The SMILES string of the molecule is C[C@]12CCC3C4=C(CCC3C1CC[C@@]2(O)CC#N)CC(=O)CC4. The van der Waals surface area contributed by atoms with Crippen LogP contribution in [0, 0.1) is 34.5 Å². The van der Waals surface area contributed by atoms with Gasteiger partial charge >= 0.3 is 0 Å². The van der Waals surface area contributed by atoms with Crippen molar-refractivity contribution in [3.63, 3.8) is 0 Å². The Hall–Kier alpha value is -1.14. The Morgan fingerprint density at radius 2 is 2.04 bits per heavy atom. The van der Waals surface area contributed by atoms with Crippen molar-refractivity contribution in [2.24, 2.45) is 23.2 Å². The molecule has 5 atom stereocenters. The van der Waals surface area contributed by atoms with E-state index in [0.717, 1.165) is 44.9 Å². The molecule has 3 nitrogen and oxygen atoms in total. The van der Waals surface area contributed by atoms with E-state index in [2.05, 4.69) is 13.0 Å². The minimum atomic E-state index is -0.783. The predicted octanol–water partition coefficient (Wildman–Crippen LogP) is 3.92. The van der Waals surface area contributed by atoms with Crippen molar-refractivity contribution in [2.75, 3.05) is 0 Å². The molecular weight excluding hydrogens is 286 g/mol. The summed E-state index contributed by atoms with van der Waals surface area (Å²) in [4.78, 5) is 11.8. The summed E-state index contributed by atoms with van der Waals surface area (Å²) in [6, 6.07) is 2.23. The number of Topliss-reactive ketones (excluding diaryl/α,β-unsaturated/α-hetero) is 1. The van der Waals surface area contributed by atoms with Gasteiger partial charge in [0, 0.05) is 18.3 Å². The van der Waals surface area contributed by atoms with Crippen LogP contribution < -0.4 is 0 Å². The first-order valence-electron chi connectivity index (χ1n) is 9.30.